The first kappa shape index (κ1) is 19.6. The summed E-state index contributed by atoms with van der Waals surface area (Å²) < 4.78 is 33.7. The minimum absolute atomic E-state index is 0.0809. The molecule has 2 aliphatic rings. The van der Waals surface area contributed by atoms with Gasteiger partial charge in [0.2, 0.25) is 10.0 Å². The lowest BCUT2D eigenvalue weighted by molar-refractivity contribution is -0.131. The fourth-order valence-electron chi connectivity index (χ4n) is 4.19. The van der Waals surface area contributed by atoms with Crippen molar-refractivity contribution in [3.8, 4) is 5.75 Å². The molecule has 0 bridgehead atoms. The van der Waals surface area contributed by atoms with Crippen LogP contribution in [0.15, 0.2) is 59.5 Å². The molecule has 8 heteroatoms. The molecular weight excluding hydrogens is 394 g/mol. The summed E-state index contributed by atoms with van der Waals surface area (Å²) in [6, 6.07) is 13.5. The molecule has 4 atom stereocenters. The highest BCUT2D eigenvalue weighted by Crippen LogP contribution is 2.51. The number of hydrogen-bond acceptors (Lipinski definition) is 5. The van der Waals surface area contributed by atoms with Crippen molar-refractivity contribution in [1.82, 2.24) is 4.72 Å². The van der Waals surface area contributed by atoms with E-state index in [0.29, 0.717) is 17.7 Å². The van der Waals surface area contributed by atoms with Crippen LogP contribution in [0, 0.1) is 5.92 Å². The van der Waals surface area contributed by atoms with Gasteiger partial charge in [0.05, 0.1) is 11.0 Å². The SMILES string of the molecule is O=C(O)C=Cc1cccc2c1OC1CC(O)C(CNS(=O)(=O)c3ccccc3)C21. The third kappa shape index (κ3) is 3.78. The van der Waals surface area contributed by atoms with E-state index in [-0.39, 0.29) is 29.4 Å². The zero-order valence-corrected chi connectivity index (χ0v) is 16.2. The molecular formula is C21H21NO6S. The molecule has 152 valence electrons. The first-order chi connectivity index (χ1) is 13.9. The average molecular weight is 415 g/mol. The van der Waals surface area contributed by atoms with Crippen molar-refractivity contribution in [2.75, 3.05) is 6.54 Å². The van der Waals surface area contributed by atoms with Crippen LogP contribution in [-0.2, 0) is 14.8 Å². The van der Waals surface area contributed by atoms with E-state index in [1.54, 1.807) is 24.3 Å². The Morgan fingerprint density at radius 2 is 1.93 bits per heavy atom. The summed E-state index contributed by atoms with van der Waals surface area (Å²) in [7, 11) is -3.68. The molecule has 2 aromatic rings. The van der Waals surface area contributed by atoms with Crippen LogP contribution in [-0.4, -0.2) is 43.4 Å². The Morgan fingerprint density at radius 3 is 2.66 bits per heavy atom. The minimum Gasteiger partial charge on any atom is -0.489 e. The van der Waals surface area contributed by atoms with E-state index in [0.717, 1.165) is 11.6 Å². The lowest BCUT2D eigenvalue weighted by Crippen LogP contribution is -2.34. The van der Waals surface area contributed by atoms with Crippen LogP contribution in [0.4, 0.5) is 0 Å². The number of aliphatic carboxylic acids is 1. The molecule has 1 saturated carbocycles. The highest BCUT2D eigenvalue weighted by Gasteiger charge is 2.50. The highest BCUT2D eigenvalue weighted by molar-refractivity contribution is 7.89. The average Bonchev–Trinajstić information content (AvgIpc) is 3.20. The van der Waals surface area contributed by atoms with Gasteiger partial charge in [-0.05, 0) is 18.2 Å². The van der Waals surface area contributed by atoms with E-state index in [1.165, 1.54) is 18.2 Å². The number of carboxylic acids is 1. The Morgan fingerprint density at radius 1 is 1.17 bits per heavy atom. The van der Waals surface area contributed by atoms with E-state index in [1.807, 2.05) is 12.1 Å². The predicted molar refractivity (Wildman–Crippen MR) is 106 cm³/mol. The Hall–Kier alpha value is -2.68. The van der Waals surface area contributed by atoms with E-state index >= 15 is 0 Å². The summed E-state index contributed by atoms with van der Waals surface area (Å²) in [5.41, 5.74) is 1.51. The zero-order valence-electron chi connectivity index (χ0n) is 15.4. The molecule has 29 heavy (non-hydrogen) atoms. The van der Waals surface area contributed by atoms with Crippen molar-refractivity contribution in [2.45, 2.75) is 29.4 Å². The number of carboxylic acid groups (broad SMARTS) is 1. The smallest absolute Gasteiger partial charge is 0.328 e. The van der Waals surface area contributed by atoms with E-state index in [9.17, 15) is 18.3 Å². The van der Waals surface area contributed by atoms with Gasteiger partial charge in [-0.15, -0.1) is 0 Å². The zero-order chi connectivity index (χ0) is 20.6. The van der Waals surface area contributed by atoms with Crippen LogP contribution in [0.3, 0.4) is 0 Å². The van der Waals surface area contributed by atoms with Crippen LogP contribution in [0.2, 0.25) is 0 Å². The summed E-state index contributed by atoms with van der Waals surface area (Å²) in [5, 5.41) is 19.4. The predicted octanol–water partition coefficient (Wildman–Crippen LogP) is 1.99. The van der Waals surface area contributed by atoms with Crippen LogP contribution < -0.4 is 9.46 Å². The van der Waals surface area contributed by atoms with E-state index in [4.69, 9.17) is 9.84 Å². The molecule has 0 radical (unpaired) electrons. The molecule has 0 saturated heterocycles. The van der Waals surface area contributed by atoms with Gasteiger partial charge in [-0.2, -0.15) is 0 Å². The maximum Gasteiger partial charge on any atom is 0.328 e. The van der Waals surface area contributed by atoms with Crippen LogP contribution >= 0.6 is 0 Å². The van der Waals surface area contributed by atoms with Crippen molar-refractivity contribution in [3.63, 3.8) is 0 Å². The van der Waals surface area contributed by atoms with Gasteiger partial charge in [0.1, 0.15) is 11.9 Å². The van der Waals surface area contributed by atoms with Crippen molar-refractivity contribution >= 4 is 22.1 Å². The molecule has 7 nitrogen and oxygen atoms in total. The first-order valence-electron chi connectivity index (χ1n) is 9.30. The van der Waals surface area contributed by atoms with Gasteiger partial charge in [-0.25, -0.2) is 17.9 Å². The highest BCUT2D eigenvalue weighted by atomic mass is 32.2. The number of aliphatic hydroxyl groups is 1. The van der Waals surface area contributed by atoms with Gasteiger partial charge in [-0.3, -0.25) is 0 Å². The molecule has 0 aromatic heterocycles. The second kappa shape index (κ2) is 7.62. The Bertz CT molecular complexity index is 1050. The van der Waals surface area contributed by atoms with Gasteiger partial charge < -0.3 is 14.9 Å². The number of ether oxygens (including phenoxy) is 1. The fraction of sp³-hybridized carbons (Fsp3) is 0.286. The lowest BCUT2D eigenvalue weighted by atomic mass is 9.87. The second-order valence-corrected chi connectivity index (χ2v) is 9.02. The Kier molecular flexibility index (Phi) is 5.16. The molecule has 0 spiro atoms. The normalized spacial score (nSPS) is 25.6. The van der Waals surface area contributed by atoms with Crippen LogP contribution in [0.5, 0.6) is 5.75 Å². The third-order valence-corrected chi connectivity index (χ3v) is 6.94. The van der Waals surface area contributed by atoms with Gasteiger partial charge in [0.15, 0.2) is 0 Å². The monoisotopic (exact) mass is 415 g/mol. The van der Waals surface area contributed by atoms with Crippen molar-refractivity contribution in [2.24, 2.45) is 5.92 Å². The summed E-state index contributed by atoms with van der Waals surface area (Å²) in [6.07, 6.45) is 1.94. The molecule has 4 unspecified atom stereocenters. The number of nitrogens with one attached hydrogen (secondary N) is 1. The number of fused-ring (bicyclic) bond motifs is 3. The summed E-state index contributed by atoms with van der Waals surface area (Å²) in [5.74, 6) is -0.970. The molecule has 2 aromatic carbocycles. The van der Waals surface area contributed by atoms with Crippen LogP contribution in [0.25, 0.3) is 6.08 Å². The number of benzene rings is 2. The second-order valence-electron chi connectivity index (χ2n) is 7.25. The number of rotatable bonds is 6. The molecule has 1 aliphatic heterocycles. The maximum absolute atomic E-state index is 12.5. The van der Waals surface area contributed by atoms with Gasteiger partial charge in [0, 0.05) is 42.0 Å². The first-order valence-corrected chi connectivity index (χ1v) is 10.8. The van der Waals surface area contributed by atoms with Crippen molar-refractivity contribution in [1.29, 1.82) is 0 Å². The van der Waals surface area contributed by atoms with Crippen molar-refractivity contribution < 1.29 is 28.2 Å². The Labute approximate surface area is 168 Å². The number of carbonyl (C=O) groups is 1. The maximum atomic E-state index is 12.5. The van der Waals surface area contributed by atoms with Gasteiger partial charge >= 0.3 is 5.97 Å². The van der Waals surface area contributed by atoms with E-state index < -0.39 is 22.1 Å². The molecule has 1 aliphatic carbocycles. The number of para-hydroxylation sites is 1. The molecule has 1 heterocycles. The molecule has 0 amide bonds. The third-order valence-electron chi connectivity index (χ3n) is 5.50. The fourth-order valence-corrected chi connectivity index (χ4v) is 5.29. The summed E-state index contributed by atoms with van der Waals surface area (Å²) in [6.45, 7) is 0.0809. The topological polar surface area (TPSA) is 113 Å². The Balaban J connectivity index is 1.57. The molecule has 3 N–H and O–H groups in total. The summed E-state index contributed by atoms with van der Waals surface area (Å²) >= 11 is 0. The number of aliphatic hydroxyl groups excluding tert-OH is 1. The molecule has 1 fully saturated rings. The summed E-state index contributed by atoms with van der Waals surface area (Å²) in [4.78, 5) is 11.0. The van der Waals surface area contributed by atoms with Crippen LogP contribution in [0.1, 0.15) is 23.5 Å². The van der Waals surface area contributed by atoms with Gasteiger partial charge in [0.25, 0.3) is 0 Å². The quantitative estimate of drug-likeness (QED) is 0.622. The number of sulfonamides is 1. The minimum atomic E-state index is -3.68. The lowest BCUT2D eigenvalue weighted by Gasteiger charge is -2.21. The standard InChI is InChI=1S/C21H21NO6S/c23-17-11-18-20(15-8-4-5-13(21(15)28-18)9-10-19(24)25)16(17)12-22-29(26,27)14-6-2-1-3-7-14/h1-10,16-18,20,22-23H,11-12H2,(H,24,25). The number of hydrogen-bond donors (Lipinski definition) is 3. The molecule has 4 rings (SSSR count). The van der Waals surface area contributed by atoms with E-state index in [2.05, 4.69) is 4.72 Å². The van der Waals surface area contributed by atoms with Gasteiger partial charge in [-0.1, -0.05) is 36.4 Å². The largest absolute Gasteiger partial charge is 0.489 e. The van der Waals surface area contributed by atoms with Crippen molar-refractivity contribution in [3.05, 3.63) is 65.7 Å².